The third-order valence-electron chi connectivity index (χ3n) is 4.89. The standard InChI is InChI=1S/C21H26ClN3O2/c1-16-19(10-11-20(26)24-12-5-3-4-6-13-24)21(22)25(23-16)15-17-8-7-9-18(14-17)27-2/h7-11,14H,3-6,12-13,15H2,1-2H3/b11-10+. The maximum Gasteiger partial charge on any atom is 0.246 e. The van der Waals surface area contributed by atoms with Crippen molar-refractivity contribution in [3.63, 3.8) is 0 Å². The molecule has 3 rings (SSSR count). The van der Waals surface area contributed by atoms with Crippen molar-refractivity contribution in [1.29, 1.82) is 0 Å². The lowest BCUT2D eigenvalue weighted by Crippen LogP contribution is -2.30. The van der Waals surface area contributed by atoms with E-state index in [1.54, 1.807) is 23.9 Å². The number of rotatable bonds is 5. The first-order valence-electron chi connectivity index (χ1n) is 9.41. The molecule has 0 saturated carbocycles. The number of halogens is 1. The molecule has 1 aromatic carbocycles. The van der Waals surface area contributed by atoms with E-state index < -0.39 is 0 Å². The van der Waals surface area contributed by atoms with Gasteiger partial charge in [0.1, 0.15) is 10.9 Å². The summed E-state index contributed by atoms with van der Waals surface area (Å²) in [5.41, 5.74) is 2.65. The number of nitrogens with zero attached hydrogens (tertiary/aromatic N) is 3. The Morgan fingerprint density at radius 3 is 2.70 bits per heavy atom. The van der Waals surface area contributed by atoms with Gasteiger partial charge < -0.3 is 9.64 Å². The van der Waals surface area contributed by atoms with Gasteiger partial charge in [0, 0.05) is 24.7 Å². The second-order valence-corrected chi connectivity index (χ2v) is 7.23. The van der Waals surface area contributed by atoms with Gasteiger partial charge in [-0.25, -0.2) is 4.68 Å². The van der Waals surface area contributed by atoms with E-state index in [0.29, 0.717) is 11.7 Å². The predicted molar refractivity (Wildman–Crippen MR) is 108 cm³/mol. The molecule has 2 heterocycles. The highest BCUT2D eigenvalue weighted by Gasteiger charge is 2.15. The lowest BCUT2D eigenvalue weighted by atomic mass is 10.2. The van der Waals surface area contributed by atoms with Gasteiger partial charge in [-0.3, -0.25) is 4.79 Å². The number of likely N-dealkylation sites (tertiary alicyclic amines) is 1. The van der Waals surface area contributed by atoms with Crippen molar-refractivity contribution in [2.45, 2.75) is 39.2 Å². The van der Waals surface area contributed by atoms with Crippen LogP contribution in [-0.2, 0) is 11.3 Å². The summed E-state index contributed by atoms with van der Waals surface area (Å²) in [7, 11) is 1.65. The van der Waals surface area contributed by atoms with E-state index in [9.17, 15) is 4.79 Å². The summed E-state index contributed by atoms with van der Waals surface area (Å²) in [5, 5.41) is 5.07. The summed E-state index contributed by atoms with van der Waals surface area (Å²) < 4.78 is 7.02. The summed E-state index contributed by atoms with van der Waals surface area (Å²) in [6.07, 6.45) is 7.98. The normalized spacial score (nSPS) is 15.1. The van der Waals surface area contributed by atoms with Crippen molar-refractivity contribution in [3.8, 4) is 5.75 Å². The molecule has 1 amide bonds. The van der Waals surface area contributed by atoms with Crippen molar-refractivity contribution in [2.24, 2.45) is 0 Å². The van der Waals surface area contributed by atoms with Crippen LogP contribution < -0.4 is 4.74 Å². The van der Waals surface area contributed by atoms with Gasteiger partial charge in [-0.05, 0) is 43.5 Å². The molecule has 1 fully saturated rings. The summed E-state index contributed by atoms with van der Waals surface area (Å²) in [5.74, 6) is 0.851. The zero-order chi connectivity index (χ0) is 19.2. The monoisotopic (exact) mass is 387 g/mol. The number of hydrogen-bond acceptors (Lipinski definition) is 3. The van der Waals surface area contributed by atoms with Gasteiger partial charge >= 0.3 is 0 Å². The smallest absolute Gasteiger partial charge is 0.246 e. The molecule has 0 bridgehead atoms. The Morgan fingerprint density at radius 2 is 2.00 bits per heavy atom. The van der Waals surface area contributed by atoms with Gasteiger partial charge in [0.15, 0.2) is 0 Å². The van der Waals surface area contributed by atoms with Crippen LogP contribution in [0.3, 0.4) is 0 Å². The van der Waals surface area contributed by atoms with Crippen LogP contribution in [0.25, 0.3) is 6.08 Å². The van der Waals surface area contributed by atoms with Crippen LogP contribution >= 0.6 is 11.6 Å². The van der Waals surface area contributed by atoms with Crippen molar-refractivity contribution < 1.29 is 9.53 Å². The molecular weight excluding hydrogens is 362 g/mol. The third-order valence-corrected chi connectivity index (χ3v) is 5.28. The molecule has 5 nitrogen and oxygen atoms in total. The summed E-state index contributed by atoms with van der Waals surface area (Å²) in [6, 6.07) is 7.82. The minimum absolute atomic E-state index is 0.0490. The van der Waals surface area contributed by atoms with Crippen molar-refractivity contribution >= 4 is 23.6 Å². The van der Waals surface area contributed by atoms with E-state index in [0.717, 1.165) is 48.5 Å². The number of hydrogen-bond donors (Lipinski definition) is 0. The average molecular weight is 388 g/mol. The minimum Gasteiger partial charge on any atom is -0.497 e. The van der Waals surface area contributed by atoms with Crippen LogP contribution in [0.4, 0.5) is 0 Å². The predicted octanol–water partition coefficient (Wildman–Crippen LogP) is 4.32. The van der Waals surface area contributed by atoms with Crippen LogP contribution in [0.5, 0.6) is 5.75 Å². The average Bonchev–Trinajstić information content (AvgIpc) is 2.87. The zero-order valence-corrected chi connectivity index (χ0v) is 16.7. The molecule has 1 saturated heterocycles. The van der Waals surface area contributed by atoms with Gasteiger partial charge in [0.25, 0.3) is 0 Å². The highest BCUT2D eigenvalue weighted by atomic mass is 35.5. The first-order chi connectivity index (χ1) is 13.1. The molecule has 0 atom stereocenters. The number of aromatic nitrogens is 2. The molecule has 6 heteroatoms. The number of aryl methyl sites for hydroxylation is 1. The zero-order valence-electron chi connectivity index (χ0n) is 15.9. The third kappa shape index (κ3) is 4.92. The fourth-order valence-corrected chi connectivity index (χ4v) is 3.65. The Morgan fingerprint density at radius 1 is 1.26 bits per heavy atom. The summed E-state index contributed by atoms with van der Waals surface area (Å²) in [4.78, 5) is 14.4. The maximum atomic E-state index is 12.5. The highest BCUT2D eigenvalue weighted by molar-refractivity contribution is 6.31. The summed E-state index contributed by atoms with van der Waals surface area (Å²) in [6.45, 7) is 4.13. The second kappa shape index (κ2) is 9.09. The Hall–Kier alpha value is -2.27. The molecule has 1 aromatic heterocycles. The van der Waals surface area contributed by atoms with Crippen LogP contribution in [0.2, 0.25) is 5.15 Å². The van der Waals surface area contributed by atoms with E-state index in [1.165, 1.54) is 12.8 Å². The fraction of sp³-hybridized carbons (Fsp3) is 0.429. The number of carbonyl (C=O) groups is 1. The Kier molecular flexibility index (Phi) is 6.56. The molecule has 1 aliphatic rings. The Labute approximate surface area is 165 Å². The van der Waals surface area contributed by atoms with E-state index >= 15 is 0 Å². The molecule has 0 aliphatic carbocycles. The van der Waals surface area contributed by atoms with Crippen molar-refractivity contribution in [1.82, 2.24) is 14.7 Å². The molecule has 0 unspecified atom stereocenters. The number of amides is 1. The molecule has 0 N–H and O–H groups in total. The summed E-state index contributed by atoms with van der Waals surface area (Å²) >= 11 is 6.54. The topological polar surface area (TPSA) is 47.4 Å². The largest absolute Gasteiger partial charge is 0.497 e. The molecule has 1 aliphatic heterocycles. The molecule has 0 radical (unpaired) electrons. The van der Waals surface area contributed by atoms with Gasteiger partial charge in [-0.1, -0.05) is 36.6 Å². The van der Waals surface area contributed by atoms with Crippen LogP contribution in [0.15, 0.2) is 30.3 Å². The van der Waals surface area contributed by atoms with Crippen LogP contribution in [0.1, 0.15) is 42.5 Å². The lowest BCUT2D eigenvalue weighted by molar-refractivity contribution is -0.125. The molecular formula is C21H26ClN3O2. The maximum absolute atomic E-state index is 12.5. The first kappa shape index (κ1) is 19.5. The number of ether oxygens (including phenoxy) is 1. The first-order valence-corrected chi connectivity index (χ1v) is 9.79. The SMILES string of the molecule is COc1cccc(Cn2nc(C)c(/C=C/C(=O)N3CCCCCC3)c2Cl)c1. The van der Waals surface area contributed by atoms with E-state index in [1.807, 2.05) is 36.1 Å². The molecule has 144 valence electrons. The van der Waals surface area contributed by atoms with E-state index in [4.69, 9.17) is 16.3 Å². The van der Waals surface area contributed by atoms with Gasteiger partial charge in [0.05, 0.1) is 19.3 Å². The number of methoxy groups -OCH3 is 1. The molecule has 0 spiro atoms. The van der Waals surface area contributed by atoms with Gasteiger partial charge in [-0.2, -0.15) is 5.10 Å². The second-order valence-electron chi connectivity index (χ2n) is 6.87. The van der Waals surface area contributed by atoms with Crippen molar-refractivity contribution in [2.75, 3.05) is 20.2 Å². The minimum atomic E-state index is 0.0490. The fourth-order valence-electron chi connectivity index (χ4n) is 3.36. The van der Waals surface area contributed by atoms with Crippen LogP contribution in [0, 0.1) is 6.92 Å². The van der Waals surface area contributed by atoms with E-state index in [-0.39, 0.29) is 5.91 Å². The van der Waals surface area contributed by atoms with Crippen molar-refractivity contribution in [3.05, 3.63) is 52.3 Å². The van der Waals surface area contributed by atoms with Gasteiger partial charge in [-0.15, -0.1) is 0 Å². The quantitative estimate of drug-likeness (QED) is 0.718. The van der Waals surface area contributed by atoms with Gasteiger partial charge in [0.2, 0.25) is 5.91 Å². The highest BCUT2D eigenvalue weighted by Crippen LogP contribution is 2.23. The number of carbonyl (C=O) groups excluding carboxylic acids is 1. The van der Waals surface area contributed by atoms with E-state index in [2.05, 4.69) is 5.10 Å². The Bertz CT molecular complexity index is 821. The lowest BCUT2D eigenvalue weighted by Gasteiger charge is -2.17. The molecule has 2 aromatic rings. The molecule has 27 heavy (non-hydrogen) atoms. The number of benzene rings is 1. The Balaban J connectivity index is 1.73. The van der Waals surface area contributed by atoms with Crippen LogP contribution in [-0.4, -0.2) is 40.8 Å².